The van der Waals surface area contributed by atoms with Gasteiger partial charge in [-0.2, -0.15) is 0 Å². The highest BCUT2D eigenvalue weighted by Crippen LogP contribution is 2.27. The van der Waals surface area contributed by atoms with E-state index in [1.165, 1.54) is 0 Å². The SMILES string of the molecule is NS(=O)(=O)c1ncc(F)c(C(F)F)c1F. The standard InChI is InChI=1S/C6H4F4N2O2S/c7-2-1-12-6(15(11,13)14)4(8)3(2)5(9)10/h1,5H,(H2,11,13,14). The van der Waals surface area contributed by atoms with Gasteiger partial charge in [-0.25, -0.2) is 36.1 Å². The minimum atomic E-state index is -4.59. The van der Waals surface area contributed by atoms with Gasteiger partial charge in [0.15, 0.2) is 11.6 Å². The van der Waals surface area contributed by atoms with Crippen LogP contribution in [0.15, 0.2) is 11.2 Å². The lowest BCUT2D eigenvalue weighted by atomic mass is 10.2. The van der Waals surface area contributed by atoms with E-state index in [-0.39, 0.29) is 6.20 Å². The van der Waals surface area contributed by atoms with E-state index >= 15 is 0 Å². The van der Waals surface area contributed by atoms with Crippen LogP contribution in [-0.2, 0) is 10.0 Å². The highest BCUT2D eigenvalue weighted by atomic mass is 32.2. The molecule has 0 bridgehead atoms. The quantitative estimate of drug-likeness (QED) is 0.787. The molecule has 84 valence electrons. The molecule has 0 saturated carbocycles. The molecule has 0 saturated heterocycles. The Labute approximate surface area is 81.8 Å². The normalized spacial score (nSPS) is 12.1. The summed E-state index contributed by atoms with van der Waals surface area (Å²) in [6, 6.07) is 0. The average Bonchev–Trinajstić information content (AvgIpc) is 2.00. The molecule has 0 spiro atoms. The minimum absolute atomic E-state index is 0.171. The summed E-state index contributed by atoms with van der Waals surface area (Å²) >= 11 is 0. The Morgan fingerprint density at radius 1 is 1.33 bits per heavy atom. The zero-order valence-corrected chi connectivity index (χ0v) is 7.73. The van der Waals surface area contributed by atoms with Crippen molar-refractivity contribution >= 4 is 10.0 Å². The van der Waals surface area contributed by atoms with Crippen molar-refractivity contribution < 1.29 is 26.0 Å². The van der Waals surface area contributed by atoms with Gasteiger partial charge in [0.25, 0.3) is 16.4 Å². The third-order valence-corrected chi connectivity index (χ3v) is 2.29. The number of primary sulfonamides is 1. The zero-order valence-electron chi connectivity index (χ0n) is 6.92. The predicted molar refractivity (Wildman–Crippen MR) is 40.5 cm³/mol. The van der Waals surface area contributed by atoms with Gasteiger partial charge in [-0.3, -0.25) is 0 Å². The Balaban J connectivity index is 3.56. The maximum atomic E-state index is 13.0. The van der Waals surface area contributed by atoms with Gasteiger partial charge in [0.1, 0.15) is 0 Å². The third kappa shape index (κ3) is 2.23. The van der Waals surface area contributed by atoms with Gasteiger partial charge in [-0.05, 0) is 0 Å². The van der Waals surface area contributed by atoms with Gasteiger partial charge < -0.3 is 0 Å². The molecule has 0 amide bonds. The van der Waals surface area contributed by atoms with Gasteiger partial charge >= 0.3 is 0 Å². The van der Waals surface area contributed by atoms with E-state index in [1.54, 1.807) is 0 Å². The van der Waals surface area contributed by atoms with Gasteiger partial charge in [-0.15, -0.1) is 0 Å². The summed E-state index contributed by atoms with van der Waals surface area (Å²) in [4.78, 5) is 2.80. The molecule has 1 rings (SSSR count). The molecule has 1 aromatic rings. The highest BCUT2D eigenvalue weighted by molar-refractivity contribution is 7.89. The summed E-state index contributed by atoms with van der Waals surface area (Å²) in [5, 5.41) is 3.08. The number of alkyl halides is 2. The van der Waals surface area contributed by atoms with Crippen molar-refractivity contribution in [2.24, 2.45) is 5.14 Å². The predicted octanol–water partition coefficient (Wildman–Crippen LogP) is 0.945. The van der Waals surface area contributed by atoms with Crippen molar-refractivity contribution in [3.63, 3.8) is 0 Å². The summed E-state index contributed by atoms with van der Waals surface area (Å²) in [6.07, 6.45) is -3.32. The van der Waals surface area contributed by atoms with Crippen LogP contribution in [0.3, 0.4) is 0 Å². The first kappa shape index (κ1) is 11.9. The van der Waals surface area contributed by atoms with Crippen molar-refractivity contribution in [3.05, 3.63) is 23.4 Å². The maximum absolute atomic E-state index is 13.0. The van der Waals surface area contributed by atoms with Crippen LogP contribution in [-0.4, -0.2) is 13.4 Å². The second-order valence-electron chi connectivity index (χ2n) is 2.48. The Morgan fingerprint density at radius 2 is 1.87 bits per heavy atom. The molecule has 0 fully saturated rings. The summed E-state index contributed by atoms with van der Waals surface area (Å²) < 4.78 is 71.2. The highest BCUT2D eigenvalue weighted by Gasteiger charge is 2.27. The number of aromatic nitrogens is 1. The van der Waals surface area contributed by atoms with Crippen LogP contribution in [0, 0.1) is 11.6 Å². The minimum Gasteiger partial charge on any atom is -0.238 e. The van der Waals surface area contributed by atoms with Crippen LogP contribution in [0.25, 0.3) is 0 Å². The third-order valence-electron chi connectivity index (χ3n) is 1.46. The lowest BCUT2D eigenvalue weighted by Gasteiger charge is -2.05. The van der Waals surface area contributed by atoms with Crippen LogP contribution in [0.4, 0.5) is 17.6 Å². The van der Waals surface area contributed by atoms with Crippen LogP contribution in [0.1, 0.15) is 12.0 Å². The Hall–Kier alpha value is -1.22. The van der Waals surface area contributed by atoms with E-state index in [1.807, 2.05) is 0 Å². The van der Waals surface area contributed by atoms with Crippen LogP contribution in [0.5, 0.6) is 0 Å². The van der Waals surface area contributed by atoms with E-state index in [0.29, 0.717) is 0 Å². The zero-order chi connectivity index (χ0) is 11.8. The van der Waals surface area contributed by atoms with Gasteiger partial charge in [-0.1, -0.05) is 0 Å². The van der Waals surface area contributed by atoms with Crippen molar-refractivity contribution in [1.82, 2.24) is 4.98 Å². The van der Waals surface area contributed by atoms with E-state index in [4.69, 9.17) is 0 Å². The Kier molecular flexibility index (Phi) is 2.95. The van der Waals surface area contributed by atoms with E-state index in [2.05, 4.69) is 10.1 Å². The molecule has 0 atom stereocenters. The number of rotatable bonds is 2. The molecule has 0 aromatic carbocycles. The second-order valence-corrected chi connectivity index (χ2v) is 3.96. The van der Waals surface area contributed by atoms with Crippen molar-refractivity contribution in [1.29, 1.82) is 0 Å². The first-order valence-corrected chi connectivity index (χ1v) is 4.94. The molecule has 0 unspecified atom stereocenters. The van der Waals surface area contributed by atoms with Gasteiger partial charge in [0.05, 0.1) is 11.8 Å². The number of hydrogen-bond donors (Lipinski definition) is 1. The molecular weight excluding hydrogens is 240 g/mol. The van der Waals surface area contributed by atoms with Gasteiger partial charge in [0, 0.05) is 0 Å². The summed E-state index contributed by atoms with van der Waals surface area (Å²) in [5.74, 6) is -3.60. The van der Waals surface area contributed by atoms with Crippen LogP contribution >= 0.6 is 0 Å². The summed E-state index contributed by atoms with van der Waals surface area (Å²) in [7, 11) is -4.59. The first-order valence-electron chi connectivity index (χ1n) is 3.40. The number of nitrogens with two attached hydrogens (primary N) is 1. The summed E-state index contributed by atoms with van der Waals surface area (Å²) in [5.41, 5.74) is -1.66. The largest absolute Gasteiger partial charge is 0.269 e. The molecule has 1 heterocycles. The fourth-order valence-corrected chi connectivity index (χ4v) is 1.42. The van der Waals surface area contributed by atoms with E-state index < -0.39 is 38.7 Å². The summed E-state index contributed by atoms with van der Waals surface area (Å²) in [6.45, 7) is 0. The number of pyridine rings is 1. The molecule has 15 heavy (non-hydrogen) atoms. The average molecular weight is 244 g/mol. The molecule has 4 nitrogen and oxygen atoms in total. The smallest absolute Gasteiger partial charge is 0.238 e. The van der Waals surface area contributed by atoms with E-state index in [9.17, 15) is 26.0 Å². The monoisotopic (exact) mass is 244 g/mol. The van der Waals surface area contributed by atoms with Crippen molar-refractivity contribution in [2.75, 3.05) is 0 Å². The van der Waals surface area contributed by atoms with Crippen LogP contribution < -0.4 is 5.14 Å². The Bertz CT molecular complexity index is 488. The number of nitrogens with zero attached hydrogens (tertiary/aromatic N) is 1. The Morgan fingerprint density at radius 3 is 2.27 bits per heavy atom. The molecule has 1 aromatic heterocycles. The van der Waals surface area contributed by atoms with E-state index in [0.717, 1.165) is 0 Å². The van der Waals surface area contributed by atoms with Gasteiger partial charge in [0.2, 0.25) is 5.03 Å². The molecule has 9 heteroatoms. The maximum Gasteiger partial charge on any atom is 0.269 e. The number of halogens is 4. The molecule has 0 radical (unpaired) electrons. The lowest BCUT2D eigenvalue weighted by molar-refractivity contribution is 0.139. The van der Waals surface area contributed by atoms with Crippen molar-refractivity contribution in [2.45, 2.75) is 11.5 Å². The molecular formula is C6H4F4N2O2S. The number of hydrogen-bond acceptors (Lipinski definition) is 3. The topological polar surface area (TPSA) is 73.1 Å². The lowest BCUT2D eigenvalue weighted by Crippen LogP contribution is -2.18. The number of sulfonamides is 1. The first-order chi connectivity index (χ1) is 6.75. The fourth-order valence-electron chi connectivity index (χ4n) is 0.860. The second kappa shape index (κ2) is 3.74. The molecule has 0 aliphatic rings. The molecule has 2 N–H and O–H groups in total. The molecule has 0 aliphatic heterocycles. The van der Waals surface area contributed by atoms with Crippen molar-refractivity contribution in [3.8, 4) is 0 Å². The van der Waals surface area contributed by atoms with Crippen LogP contribution in [0.2, 0.25) is 0 Å². The fraction of sp³-hybridized carbons (Fsp3) is 0.167. The molecule has 0 aliphatic carbocycles.